The van der Waals surface area contributed by atoms with Gasteiger partial charge in [-0.1, -0.05) is 0 Å². The quantitative estimate of drug-likeness (QED) is 0.716. The van der Waals surface area contributed by atoms with Gasteiger partial charge >= 0.3 is 0 Å². The highest BCUT2D eigenvalue weighted by Gasteiger charge is 2.17. The van der Waals surface area contributed by atoms with Gasteiger partial charge in [-0.25, -0.2) is 4.98 Å². The lowest BCUT2D eigenvalue weighted by Gasteiger charge is -2.23. The average Bonchev–Trinajstić information content (AvgIpc) is 2.31. The molecule has 0 aliphatic carbocycles. The number of rotatable bonds is 2. The van der Waals surface area contributed by atoms with Gasteiger partial charge in [-0.05, 0) is 27.7 Å². The summed E-state index contributed by atoms with van der Waals surface area (Å²) in [7, 11) is 0. The number of aryl methyl sites for hydroxylation is 1. The molecule has 1 heterocycles. The summed E-state index contributed by atoms with van der Waals surface area (Å²) in [5, 5.41) is 15.6. The van der Waals surface area contributed by atoms with E-state index in [1.54, 1.807) is 11.3 Å². The Morgan fingerprint density at radius 3 is 2.54 bits per heavy atom. The maximum atomic E-state index is 9.70. The third-order valence-electron chi connectivity index (χ3n) is 1.49. The summed E-state index contributed by atoms with van der Waals surface area (Å²) in [6, 6.07) is 0. The smallest absolute Gasteiger partial charge is 0.149 e. The molecule has 74 valence electrons. The van der Waals surface area contributed by atoms with E-state index in [9.17, 15) is 5.11 Å². The minimum atomic E-state index is -0.662. The first kappa shape index (κ1) is 10.6. The van der Waals surface area contributed by atoms with Gasteiger partial charge in [0.25, 0.3) is 0 Å². The van der Waals surface area contributed by atoms with E-state index in [-0.39, 0.29) is 5.54 Å². The molecule has 0 saturated heterocycles. The third kappa shape index (κ3) is 3.42. The van der Waals surface area contributed by atoms with Crippen molar-refractivity contribution in [2.45, 2.75) is 39.5 Å². The number of aliphatic hydroxyl groups is 1. The van der Waals surface area contributed by atoms with E-state index >= 15 is 0 Å². The lowest BCUT2D eigenvalue weighted by Crippen LogP contribution is -2.38. The molecule has 0 saturated carbocycles. The number of thiazole rings is 1. The second kappa shape index (κ2) is 3.74. The molecule has 1 aromatic rings. The molecule has 0 amide bonds. The molecule has 0 spiro atoms. The number of aromatic nitrogens is 1. The van der Waals surface area contributed by atoms with Crippen molar-refractivity contribution in [2.24, 2.45) is 0 Å². The molecule has 0 aliphatic heterocycles. The monoisotopic (exact) mass is 200 g/mol. The highest BCUT2D eigenvalue weighted by Crippen LogP contribution is 2.16. The van der Waals surface area contributed by atoms with E-state index in [2.05, 4.69) is 10.3 Å². The predicted molar refractivity (Wildman–Crippen MR) is 54.7 cm³/mol. The summed E-state index contributed by atoms with van der Waals surface area (Å²) in [6.45, 7) is 7.96. The maximum absolute atomic E-state index is 9.70. The minimum absolute atomic E-state index is 0.100. The molecule has 1 rings (SSSR count). The van der Waals surface area contributed by atoms with E-state index in [4.69, 9.17) is 0 Å². The molecule has 4 heteroatoms. The normalized spacial score (nSPS) is 14.5. The van der Waals surface area contributed by atoms with Gasteiger partial charge in [0.15, 0.2) is 0 Å². The van der Waals surface area contributed by atoms with Crippen LogP contribution in [0.1, 0.15) is 37.7 Å². The van der Waals surface area contributed by atoms with Crippen molar-refractivity contribution in [3.8, 4) is 0 Å². The van der Waals surface area contributed by atoms with Crippen LogP contribution >= 0.6 is 11.3 Å². The summed E-state index contributed by atoms with van der Waals surface area (Å²) in [5.41, 5.74) is 0.606. The first-order valence-electron chi connectivity index (χ1n) is 4.26. The zero-order valence-electron chi connectivity index (χ0n) is 8.46. The molecular formula is C9H16N2OS. The van der Waals surface area contributed by atoms with Gasteiger partial charge in [0.1, 0.15) is 6.23 Å². The topological polar surface area (TPSA) is 45.2 Å². The number of hydrogen-bond acceptors (Lipinski definition) is 4. The predicted octanol–water partition coefficient (Wildman–Crippen LogP) is 1.83. The van der Waals surface area contributed by atoms with Crippen LogP contribution in [0.15, 0.2) is 5.38 Å². The molecular weight excluding hydrogens is 184 g/mol. The first-order chi connectivity index (χ1) is 5.88. The van der Waals surface area contributed by atoms with Crippen LogP contribution in [0.25, 0.3) is 0 Å². The third-order valence-corrected chi connectivity index (χ3v) is 2.28. The Kier molecular flexibility index (Phi) is 3.05. The van der Waals surface area contributed by atoms with E-state index < -0.39 is 6.23 Å². The van der Waals surface area contributed by atoms with Crippen LogP contribution in [0.2, 0.25) is 0 Å². The van der Waals surface area contributed by atoms with E-state index in [0.29, 0.717) is 5.69 Å². The Hall–Kier alpha value is -0.450. The van der Waals surface area contributed by atoms with Gasteiger partial charge in [-0.2, -0.15) is 0 Å². The van der Waals surface area contributed by atoms with Gasteiger partial charge in [-0.15, -0.1) is 11.3 Å². The van der Waals surface area contributed by atoms with E-state index in [1.165, 1.54) is 0 Å². The lowest BCUT2D eigenvalue weighted by molar-refractivity contribution is 0.103. The second-order valence-corrected chi connectivity index (χ2v) is 5.15. The summed E-state index contributed by atoms with van der Waals surface area (Å²) < 4.78 is 0. The first-order valence-corrected chi connectivity index (χ1v) is 5.14. The zero-order valence-corrected chi connectivity index (χ0v) is 9.27. The van der Waals surface area contributed by atoms with Crippen molar-refractivity contribution < 1.29 is 5.11 Å². The highest BCUT2D eigenvalue weighted by molar-refractivity contribution is 7.09. The fraction of sp³-hybridized carbons (Fsp3) is 0.667. The molecule has 0 bridgehead atoms. The van der Waals surface area contributed by atoms with Crippen molar-refractivity contribution in [3.05, 3.63) is 16.1 Å². The minimum Gasteiger partial charge on any atom is -0.373 e. The van der Waals surface area contributed by atoms with Crippen molar-refractivity contribution in [2.75, 3.05) is 0 Å². The summed E-state index contributed by atoms with van der Waals surface area (Å²) in [5.74, 6) is 0. The molecule has 0 fully saturated rings. The second-order valence-electron chi connectivity index (χ2n) is 4.09. The Balaban J connectivity index is 2.64. The number of nitrogens with one attached hydrogen (secondary N) is 1. The fourth-order valence-electron chi connectivity index (χ4n) is 0.990. The standard InChI is InChI=1S/C9H16N2OS/c1-6-10-7(5-13-6)8(12)11-9(2,3)4/h5,8,11-12H,1-4H3. The van der Waals surface area contributed by atoms with Gasteiger partial charge in [-0.3, -0.25) is 5.32 Å². The molecule has 1 aromatic heterocycles. The van der Waals surface area contributed by atoms with Crippen molar-refractivity contribution in [1.29, 1.82) is 0 Å². The molecule has 2 N–H and O–H groups in total. The molecule has 3 nitrogen and oxygen atoms in total. The lowest BCUT2D eigenvalue weighted by atomic mass is 10.1. The summed E-state index contributed by atoms with van der Waals surface area (Å²) >= 11 is 1.55. The average molecular weight is 200 g/mol. The van der Waals surface area contributed by atoms with Crippen LogP contribution in [0.5, 0.6) is 0 Å². The van der Waals surface area contributed by atoms with E-state index in [0.717, 1.165) is 5.01 Å². The van der Waals surface area contributed by atoms with Crippen molar-refractivity contribution in [1.82, 2.24) is 10.3 Å². The Bertz CT molecular complexity index is 277. The van der Waals surface area contributed by atoms with Gasteiger partial charge < -0.3 is 5.11 Å². The number of hydrogen-bond donors (Lipinski definition) is 2. The van der Waals surface area contributed by atoms with Gasteiger partial charge in [0.05, 0.1) is 10.7 Å². The van der Waals surface area contributed by atoms with Crippen LogP contribution in [0.4, 0.5) is 0 Å². The molecule has 0 aliphatic rings. The Labute approximate surface area is 82.8 Å². The molecule has 0 radical (unpaired) electrons. The van der Waals surface area contributed by atoms with E-state index in [1.807, 2.05) is 33.1 Å². The van der Waals surface area contributed by atoms with Crippen LogP contribution in [0.3, 0.4) is 0 Å². The number of nitrogens with zero attached hydrogens (tertiary/aromatic N) is 1. The van der Waals surface area contributed by atoms with Crippen molar-refractivity contribution >= 4 is 11.3 Å². The number of aliphatic hydroxyl groups excluding tert-OH is 1. The molecule has 0 aromatic carbocycles. The van der Waals surface area contributed by atoms with Crippen LogP contribution in [-0.2, 0) is 0 Å². The zero-order chi connectivity index (χ0) is 10.1. The van der Waals surface area contributed by atoms with Gasteiger partial charge in [0, 0.05) is 10.9 Å². The Morgan fingerprint density at radius 1 is 1.54 bits per heavy atom. The van der Waals surface area contributed by atoms with Crippen LogP contribution in [0, 0.1) is 6.92 Å². The highest BCUT2D eigenvalue weighted by atomic mass is 32.1. The molecule has 13 heavy (non-hydrogen) atoms. The molecule has 1 unspecified atom stereocenters. The Morgan fingerprint density at radius 2 is 2.15 bits per heavy atom. The van der Waals surface area contributed by atoms with Crippen LogP contribution < -0.4 is 5.32 Å². The van der Waals surface area contributed by atoms with Crippen molar-refractivity contribution in [3.63, 3.8) is 0 Å². The maximum Gasteiger partial charge on any atom is 0.149 e. The fourth-order valence-corrected chi connectivity index (χ4v) is 1.62. The molecule has 1 atom stereocenters. The summed E-state index contributed by atoms with van der Waals surface area (Å²) in [6.07, 6.45) is -0.662. The van der Waals surface area contributed by atoms with Gasteiger partial charge in [0.2, 0.25) is 0 Å². The summed E-state index contributed by atoms with van der Waals surface area (Å²) in [4.78, 5) is 4.20. The SMILES string of the molecule is Cc1nc(C(O)NC(C)(C)C)cs1. The largest absolute Gasteiger partial charge is 0.373 e. The van der Waals surface area contributed by atoms with Crippen LogP contribution in [-0.4, -0.2) is 15.6 Å².